The molecule has 3 aromatic rings. The second kappa shape index (κ2) is 12.1. The normalized spacial score (nSPS) is 10.8. The van der Waals surface area contributed by atoms with Crippen LogP contribution in [0.15, 0.2) is 54.9 Å². The monoisotopic (exact) mass is 434 g/mol. The molecule has 5 heteroatoms. The van der Waals surface area contributed by atoms with Gasteiger partial charge in [-0.1, -0.05) is 52.0 Å². The van der Waals surface area contributed by atoms with Crippen molar-refractivity contribution in [2.45, 2.75) is 65.2 Å². The number of carbonyl (C=O) groups excluding carboxylic acids is 1. The summed E-state index contributed by atoms with van der Waals surface area (Å²) < 4.78 is 19.8. The first kappa shape index (κ1) is 23.6. The molecule has 0 radical (unpaired) electrons. The van der Waals surface area contributed by atoms with E-state index in [0.29, 0.717) is 23.6 Å². The summed E-state index contributed by atoms with van der Waals surface area (Å²) in [6.07, 6.45) is 12.0. The highest BCUT2D eigenvalue weighted by Gasteiger charge is 2.12. The Labute approximate surface area is 189 Å². The van der Waals surface area contributed by atoms with Crippen LogP contribution in [0.4, 0.5) is 4.39 Å². The third-order valence-electron chi connectivity index (χ3n) is 5.41. The van der Waals surface area contributed by atoms with Gasteiger partial charge in [-0.2, -0.15) is 0 Å². The fraction of sp³-hybridized carbons (Fsp3) is 0.370. The first-order valence-corrected chi connectivity index (χ1v) is 11.5. The summed E-state index contributed by atoms with van der Waals surface area (Å²) >= 11 is 0. The highest BCUT2D eigenvalue weighted by atomic mass is 19.1. The Morgan fingerprint density at radius 3 is 2.25 bits per heavy atom. The molecular formula is C27H31FN2O2. The maximum Gasteiger partial charge on any atom is 0.343 e. The minimum Gasteiger partial charge on any atom is -0.423 e. The van der Waals surface area contributed by atoms with Gasteiger partial charge in [-0.05, 0) is 66.8 Å². The van der Waals surface area contributed by atoms with Crippen molar-refractivity contribution in [1.82, 2.24) is 9.97 Å². The molecule has 0 spiro atoms. The third kappa shape index (κ3) is 6.71. The lowest BCUT2D eigenvalue weighted by Gasteiger charge is -2.08. The quantitative estimate of drug-likeness (QED) is 0.186. The zero-order valence-electron chi connectivity index (χ0n) is 18.9. The Hall–Kier alpha value is -3.08. The molecule has 0 saturated carbocycles. The van der Waals surface area contributed by atoms with Crippen molar-refractivity contribution in [1.29, 1.82) is 0 Å². The van der Waals surface area contributed by atoms with Gasteiger partial charge in [0.15, 0.2) is 5.82 Å². The molecule has 0 bridgehead atoms. The maximum atomic E-state index is 14.4. The SMILES string of the molecule is CCCCCCCc1ccc(C(=O)Oc2ccc(-c3ncc(CCC)cn3)cc2)cc1F. The number of benzene rings is 2. The fourth-order valence-corrected chi connectivity index (χ4v) is 3.56. The third-order valence-corrected chi connectivity index (χ3v) is 5.41. The van der Waals surface area contributed by atoms with Crippen LogP contribution in [-0.4, -0.2) is 15.9 Å². The van der Waals surface area contributed by atoms with Crippen LogP contribution in [-0.2, 0) is 12.8 Å². The van der Waals surface area contributed by atoms with E-state index >= 15 is 0 Å². The van der Waals surface area contributed by atoms with E-state index in [9.17, 15) is 9.18 Å². The number of rotatable bonds is 11. The molecule has 32 heavy (non-hydrogen) atoms. The second-order valence-corrected chi connectivity index (χ2v) is 8.05. The van der Waals surface area contributed by atoms with Crippen LogP contribution in [0.3, 0.4) is 0 Å². The summed E-state index contributed by atoms with van der Waals surface area (Å²) in [5, 5.41) is 0. The number of ether oxygens (including phenoxy) is 1. The van der Waals surface area contributed by atoms with E-state index in [1.165, 1.54) is 25.3 Å². The van der Waals surface area contributed by atoms with Crippen LogP contribution >= 0.6 is 0 Å². The van der Waals surface area contributed by atoms with E-state index in [0.717, 1.165) is 36.8 Å². The summed E-state index contributed by atoms with van der Waals surface area (Å²) in [5.74, 6) is 0.0807. The summed E-state index contributed by atoms with van der Waals surface area (Å²) in [4.78, 5) is 21.2. The van der Waals surface area contributed by atoms with Crippen molar-refractivity contribution < 1.29 is 13.9 Å². The number of halogens is 1. The molecule has 1 heterocycles. The van der Waals surface area contributed by atoms with Gasteiger partial charge in [-0.15, -0.1) is 0 Å². The zero-order chi connectivity index (χ0) is 22.8. The Morgan fingerprint density at radius 1 is 0.875 bits per heavy atom. The minimum atomic E-state index is -0.577. The molecule has 4 nitrogen and oxygen atoms in total. The molecule has 3 rings (SSSR count). The predicted molar refractivity (Wildman–Crippen MR) is 125 cm³/mol. The number of hydrogen-bond donors (Lipinski definition) is 0. The standard InChI is InChI=1S/C27H31FN2O2/c1-3-5-6-7-8-10-21-11-12-23(17-25(21)28)27(31)32-24-15-13-22(14-16-24)26-29-18-20(9-4-2)19-30-26/h11-19H,3-10H2,1-2H3. The maximum absolute atomic E-state index is 14.4. The van der Waals surface area contributed by atoms with Crippen molar-refractivity contribution in [2.75, 3.05) is 0 Å². The number of aromatic nitrogens is 2. The van der Waals surface area contributed by atoms with Crippen molar-refractivity contribution in [3.63, 3.8) is 0 Å². The molecule has 168 valence electrons. The highest BCUT2D eigenvalue weighted by Crippen LogP contribution is 2.21. The van der Waals surface area contributed by atoms with Gasteiger partial charge in [0.25, 0.3) is 0 Å². The molecule has 0 amide bonds. The van der Waals surface area contributed by atoms with Crippen LogP contribution in [0.1, 0.15) is 73.9 Å². The van der Waals surface area contributed by atoms with Gasteiger partial charge in [0.05, 0.1) is 5.56 Å². The Balaban J connectivity index is 1.57. The smallest absolute Gasteiger partial charge is 0.343 e. The highest BCUT2D eigenvalue weighted by molar-refractivity contribution is 5.91. The van der Waals surface area contributed by atoms with E-state index in [-0.39, 0.29) is 11.4 Å². The number of aryl methyl sites for hydroxylation is 2. The number of carbonyl (C=O) groups is 1. The average molecular weight is 435 g/mol. The Kier molecular flexibility index (Phi) is 8.90. The topological polar surface area (TPSA) is 52.1 Å². The summed E-state index contributed by atoms with van der Waals surface area (Å²) in [6.45, 7) is 4.29. The van der Waals surface area contributed by atoms with Crippen LogP contribution in [0.5, 0.6) is 5.75 Å². The largest absolute Gasteiger partial charge is 0.423 e. The summed E-state index contributed by atoms with van der Waals surface area (Å²) in [7, 11) is 0. The number of nitrogens with zero attached hydrogens (tertiary/aromatic N) is 2. The molecular weight excluding hydrogens is 403 g/mol. The molecule has 0 atom stereocenters. The van der Waals surface area contributed by atoms with Gasteiger partial charge >= 0.3 is 5.97 Å². The lowest BCUT2D eigenvalue weighted by Crippen LogP contribution is -2.09. The minimum absolute atomic E-state index is 0.205. The first-order valence-electron chi connectivity index (χ1n) is 11.5. The van der Waals surface area contributed by atoms with E-state index in [2.05, 4.69) is 23.8 Å². The molecule has 0 fully saturated rings. The van der Waals surface area contributed by atoms with Crippen LogP contribution in [0.25, 0.3) is 11.4 Å². The molecule has 1 aromatic heterocycles. The Bertz CT molecular complexity index is 1000. The van der Waals surface area contributed by atoms with Crippen LogP contribution in [0, 0.1) is 5.82 Å². The second-order valence-electron chi connectivity index (χ2n) is 8.05. The van der Waals surface area contributed by atoms with Crippen molar-refractivity contribution in [3.05, 3.63) is 77.4 Å². The average Bonchev–Trinajstić information content (AvgIpc) is 2.81. The molecule has 2 aromatic carbocycles. The molecule has 0 aliphatic carbocycles. The predicted octanol–water partition coefficient (Wildman–Crippen LogP) is 6.97. The number of unbranched alkanes of at least 4 members (excludes halogenated alkanes) is 4. The summed E-state index contributed by atoms with van der Waals surface area (Å²) in [6, 6.07) is 11.6. The Morgan fingerprint density at radius 2 is 1.59 bits per heavy atom. The summed E-state index contributed by atoms with van der Waals surface area (Å²) in [5.41, 5.74) is 2.79. The van der Waals surface area contributed by atoms with Gasteiger partial charge in [0, 0.05) is 18.0 Å². The van der Waals surface area contributed by atoms with Gasteiger partial charge in [-0.3, -0.25) is 0 Å². The van der Waals surface area contributed by atoms with Crippen LogP contribution in [0.2, 0.25) is 0 Å². The van der Waals surface area contributed by atoms with E-state index < -0.39 is 5.97 Å². The van der Waals surface area contributed by atoms with Gasteiger partial charge < -0.3 is 4.74 Å². The van der Waals surface area contributed by atoms with E-state index in [4.69, 9.17) is 4.74 Å². The molecule has 0 unspecified atom stereocenters. The van der Waals surface area contributed by atoms with Crippen LogP contribution < -0.4 is 4.74 Å². The van der Waals surface area contributed by atoms with E-state index in [1.807, 2.05) is 12.4 Å². The molecule has 0 saturated heterocycles. The number of esters is 1. The lowest BCUT2D eigenvalue weighted by atomic mass is 10.0. The number of hydrogen-bond acceptors (Lipinski definition) is 4. The first-order chi connectivity index (χ1) is 15.6. The molecule has 0 N–H and O–H groups in total. The van der Waals surface area contributed by atoms with E-state index in [1.54, 1.807) is 36.4 Å². The molecule has 0 aliphatic heterocycles. The molecule has 0 aliphatic rings. The van der Waals surface area contributed by atoms with Crippen molar-refractivity contribution in [2.24, 2.45) is 0 Å². The van der Waals surface area contributed by atoms with Gasteiger partial charge in [0.2, 0.25) is 0 Å². The zero-order valence-corrected chi connectivity index (χ0v) is 18.9. The fourth-order valence-electron chi connectivity index (χ4n) is 3.56. The lowest BCUT2D eigenvalue weighted by molar-refractivity contribution is 0.0734. The van der Waals surface area contributed by atoms with Crippen molar-refractivity contribution >= 4 is 5.97 Å². The van der Waals surface area contributed by atoms with Gasteiger partial charge in [0.1, 0.15) is 11.6 Å². The van der Waals surface area contributed by atoms with Crippen molar-refractivity contribution in [3.8, 4) is 17.1 Å². The van der Waals surface area contributed by atoms with Gasteiger partial charge in [-0.25, -0.2) is 19.2 Å².